The Morgan fingerprint density at radius 1 is 0.515 bits per heavy atom. The lowest BCUT2D eigenvalue weighted by Gasteiger charge is -2.32. The van der Waals surface area contributed by atoms with E-state index in [0.717, 1.165) is 12.1 Å². The lowest BCUT2D eigenvalue weighted by Crippen LogP contribution is -2.39. The number of carbonyl (C=O) groups excluding carboxylic acids is 3. The van der Waals surface area contributed by atoms with Crippen LogP contribution in [-0.4, -0.2) is 118 Å². The van der Waals surface area contributed by atoms with Gasteiger partial charge in [-0.1, -0.05) is 23.3 Å². The molecule has 364 valence electrons. The molecular weight excluding hydrogens is 1030 g/mol. The first-order valence-corrected chi connectivity index (χ1v) is 27.4. The summed E-state index contributed by atoms with van der Waals surface area (Å²) in [5, 5.41) is 0.473. The van der Waals surface area contributed by atoms with Crippen molar-refractivity contribution < 1.29 is 92.2 Å². The van der Waals surface area contributed by atoms with Gasteiger partial charge >= 0.3 is 6.03 Å². The number of urea groups is 1. The van der Waals surface area contributed by atoms with Crippen LogP contribution in [0.3, 0.4) is 0 Å². The van der Waals surface area contributed by atoms with Crippen molar-refractivity contribution in [2.45, 2.75) is 37.2 Å². The molecule has 0 heterocycles. The molecule has 68 heavy (non-hydrogen) atoms. The van der Waals surface area contributed by atoms with Crippen LogP contribution in [0.1, 0.15) is 44.7 Å². The Labute approximate surface area is 387 Å². The van der Waals surface area contributed by atoms with E-state index in [2.05, 4.69) is 20.6 Å². The Balaban J connectivity index is 1.29. The summed E-state index contributed by atoms with van der Waals surface area (Å²) >= 11 is 0. The Morgan fingerprint density at radius 2 is 0.853 bits per heavy atom. The zero-order valence-corrected chi connectivity index (χ0v) is 39.2. The van der Waals surface area contributed by atoms with Crippen molar-refractivity contribution in [2.24, 2.45) is 21.8 Å². The van der Waals surface area contributed by atoms with Crippen molar-refractivity contribution in [3.63, 3.8) is 0 Å². The molecule has 0 aromatic heterocycles. The maximum atomic E-state index is 13.6. The van der Waals surface area contributed by atoms with Gasteiger partial charge in [0.25, 0.3) is 72.5 Å². The van der Waals surface area contributed by atoms with Crippen LogP contribution in [0.15, 0.2) is 114 Å². The molecule has 0 aliphatic heterocycles. The third-order valence-electron chi connectivity index (χ3n) is 10.7. The predicted molar refractivity (Wildman–Crippen MR) is 240 cm³/mol. The summed E-state index contributed by atoms with van der Waals surface area (Å²) in [4.78, 5) is 44.5. The van der Waals surface area contributed by atoms with Crippen LogP contribution in [0, 0.1) is 25.7 Å². The monoisotopic (exact) mass is 1060 g/mol. The number of aryl methyl sites for hydroxylation is 2. The highest BCUT2D eigenvalue weighted by molar-refractivity contribution is 7.91. The third-order valence-corrected chi connectivity index (χ3v) is 16.4. The molecule has 4 aliphatic carbocycles. The summed E-state index contributed by atoms with van der Waals surface area (Å²) in [5.74, 6) is -5.83. The van der Waals surface area contributed by atoms with Crippen LogP contribution in [0.4, 0.5) is 16.2 Å². The molecule has 25 nitrogen and oxygen atoms in total. The molecule has 0 radical (unpaired) electrons. The largest absolute Gasteiger partial charge is 0.323 e. The molecule has 4 amide bonds. The SMILES string of the molecule is Cc1ccc(C(=O)N=C2C=C(S(=O)(=O)O)CC3=CC(S(=O)(=O)O)=CC(S(=O)(=O)O)C32)cc1NC(=O)Nc1cc(C(=O)N=C2C=C(S(=O)(=O)O)CC3=CC(S(=O)(=O)O)=CC(S(=O)(=O)O)C32)ccc1C. The van der Waals surface area contributed by atoms with Crippen LogP contribution < -0.4 is 10.6 Å². The molecule has 2 aromatic rings. The van der Waals surface area contributed by atoms with Crippen LogP contribution in [0.5, 0.6) is 0 Å². The second-order valence-electron chi connectivity index (χ2n) is 15.3. The highest BCUT2D eigenvalue weighted by Gasteiger charge is 2.45. The standard InChI is InChI=1S/C37H34N4O21S6/c1-17-3-5-19(35(42)38-29-13-23(63(45,46)47)7-21-9-25(65(51,52)53)15-31(33(21)29)67(57,58)59)11-27(17)40-37(44)41-28-12-20(6-4-18(28)2)36(43)39-30-14-24(64(48,49)50)8-22-10-26(66(54,55)56)16-32(34(22)30)68(60,61)62/h3-6,9-16,31-34H,7-8H2,1-2H3,(H2,40,41,44)(H,45,46,47)(H,48,49,50)(H,51,52,53)(H,54,55,56)(H,57,58,59)(H,60,61,62). The predicted octanol–water partition coefficient (Wildman–Crippen LogP) is 2.63. The highest BCUT2D eigenvalue weighted by atomic mass is 32.2. The lowest BCUT2D eigenvalue weighted by atomic mass is 9.81. The van der Waals surface area contributed by atoms with Crippen molar-refractivity contribution >= 4 is 101 Å². The van der Waals surface area contributed by atoms with E-state index in [4.69, 9.17) is 0 Å². The number of hydrogen-bond acceptors (Lipinski definition) is 15. The van der Waals surface area contributed by atoms with Gasteiger partial charge < -0.3 is 10.6 Å². The smallest absolute Gasteiger partial charge is 0.307 e. The van der Waals surface area contributed by atoms with Gasteiger partial charge in [0.2, 0.25) is 0 Å². The topological polar surface area (TPSA) is 426 Å². The molecular formula is C37H34N4O21S6. The number of allylic oxidation sites excluding steroid dienone is 8. The van der Waals surface area contributed by atoms with E-state index in [1.807, 2.05) is 0 Å². The van der Waals surface area contributed by atoms with E-state index in [0.29, 0.717) is 47.6 Å². The molecule has 0 saturated heterocycles. The summed E-state index contributed by atoms with van der Waals surface area (Å²) in [6.07, 6.45) is 1.94. The van der Waals surface area contributed by atoms with Crippen LogP contribution in [0.2, 0.25) is 0 Å². The van der Waals surface area contributed by atoms with E-state index in [-0.39, 0.29) is 22.5 Å². The number of benzene rings is 2. The Morgan fingerprint density at radius 3 is 1.15 bits per heavy atom. The first-order chi connectivity index (χ1) is 31.0. The van der Waals surface area contributed by atoms with Crippen molar-refractivity contribution in [3.8, 4) is 0 Å². The normalized spacial score (nSPS) is 22.6. The van der Waals surface area contributed by atoms with Gasteiger partial charge in [-0.2, -0.15) is 50.5 Å². The fourth-order valence-corrected chi connectivity index (χ4v) is 12.0. The molecule has 4 unspecified atom stereocenters. The molecule has 8 N–H and O–H groups in total. The molecule has 4 atom stereocenters. The second-order valence-corrected chi connectivity index (χ2v) is 24.2. The first-order valence-electron chi connectivity index (χ1n) is 18.7. The van der Waals surface area contributed by atoms with E-state index >= 15 is 0 Å². The van der Waals surface area contributed by atoms with Gasteiger partial charge in [0.05, 0.1) is 31.0 Å². The summed E-state index contributed by atoms with van der Waals surface area (Å²) in [6, 6.07) is 6.23. The van der Waals surface area contributed by atoms with Gasteiger partial charge in [0.1, 0.15) is 10.5 Å². The Bertz CT molecular complexity index is 3370. The van der Waals surface area contributed by atoms with Crippen molar-refractivity contribution in [3.05, 3.63) is 126 Å². The number of carbonyl (C=O) groups is 3. The van der Waals surface area contributed by atoms with E-state index in [9.17, 15) is 92.2 Å². The third kappa shape index (κ3) is 11.4. The zero-order chi connectivity index (χ0) is 50.9. The number of fused-ring (bicyclic) bond motifs is 2. The minimum absolute atomic E-state index is 0.0629. The number of nitrogens with one attached hydrogen (secondary N) is 2. The van der Waals surface area contributed by atoms with Gasteiger partial charge in [0.15, 0.2) is 0 Å². The fraction of sp³-hybridized carbons (Fsp3) is 0.216. The van der Waals surface area contributed by atoms with Crippen molar-refractivity contribution in [2.75, 3.05) is 10.6 Å². The van der Waals surface area contributed by atoms with Crippen molar-refractivity contribution in [1.82, 2.24) is 0 Å². The summed E-state index contributed by atoms with van der Waals surface area (Å²) < 4.78 is 205. The highest BCUT2D eigenvalue weighted by Crippen LogP contribution is 2.41. The van der Waals surface area contributed by atoms with Gasteiger partial charge in [-0.3, -0.25) is 36.9 Å². The number of amides is 4. The van der Waals surface area contributed by atoms with Gasteiger partial charge in [-0.05, 0) is 85.7 Å². The van der Waals surface area contributed by atoms with Crippen LogP contribution in [-0.2, 0) is 60.7 Å². The van der Waals surface area contributed by atoms with Gasteiger partial charge in [-0.15, -0.1) is 0 Å². The lowest BCUT2D eigenvalue weighted by molar-refractivity contribution is 0.0994. The number of rotatable bonds is 10. The van der Waals surface area contributed by atoms with E-state index in [1.54, 1.807) is 0 Å². The Hall–Kier alpha value is -5.71. The summed E-state index contributed by atoms with van der Waals surface area (Å²) in [5.41, 5.74) is -2.26. The fourth-order valence-electron chi connectivity index (χ4n) is 7.42. The molecule has 31 heteroatoms. The van der Waals surface area contributed by atoms with Crippen LogP contribution in [0.25, 0.3) is 0 Å². The molecule has 4 aliphatic rings. The zero-order valence-electron chi connectivity index (χ0n) is 34.3. The van der Waals surface area contributed by atoms with E-state index < -0.39 is 156 Å². The minimum atomic E-state index is -5.26. The Kier molecular flexibility index (Phi) is 13.7. The average molecular weight is 1060 g/mol. The number of aliphatic imine (C=N–C) groups is 2. The summed E-state index contributed by atoms with van der Waals surface area (Å²) in [6.45, 7) is 2.98. The average Bonchev–Trinajstić information content (AvgIpc) is 3.19. The van der Waals surface area contributed by atoms with Gasteiger partial charge in [-0.25, -0.2) is 14.8 Å². The molecule has 0 bridgehead atoms. The summed E-state index contributed by atoms with van der Waals surface area (Å²) in [7, 11) is -31.0. The maximum Gasteiger partial charge on any atom is 0.323 e. The second kappa shape index (κ2) is 18.0. The van der Waals surface area contributed by atoms with E-state index in [1.165, 1.54) is 38.1 Å². The van der Waals surface area contributed by atoms with Crippen LogP contribution >= 0.6 is 0 Å². The number of hydrogen-bond donors (Lipinski definition) is 8. The molecule has 0 spiro atoms. The minimum Gasteiger partial charge on any atom is -0.307 e. The molecule has 2 aromatic carbocycles. The van der Waals surface area contributed by atoms with Gasteiger partial charge in [0, 0.05) is 47.2 Å². The molecule has 0 fully saturated rings. The number of anilines is 2. The molecule has 0 saturated carbocycles. The quantitative estimate of drug-likeness (QED) is 0.159. The maximum absolute atomic E-state index is 13.6. The molecule has 6 rings (SSSR count). The number of nitrogens with zero attached hydrogens (tertiary/aromatic N) is 2. The van der Waals surface area contributed by atoms with Crippen molar-refractivity contribution in [1.29, 1.82) is 0 Å². The first kappa shape index (κ1) is 51.7.